The van der Waals surface area contributed by atoms with Crippen LogP contribution < -0.4 is 4.74 Å². The molecule has 0 N–H and O–H groups in total. The van der Waals surface area contributed by atoms with Crippen LogP contribution in [0.4, 0.5) is 0 Å². The van der Waals surface area contributed by atoms with Gasteiger partial charge >= 0.3 is 5.97 Å². The molecule has 1 atom stereocenters. The van der Waals surface area contributed by atoms with Gasteiger partial charge in [-0.15, -0.1) is 11.8 Å². The Labute approximate surface area is 163 Å². The molecule has 3 rings (SSSR count). The molecule has 1 heterocycles. The molecule has 0 bridgehead atoms. The molecule has 0 aromatic heterocycles. The Kier molecular flexibility index (Phi) is 6.90. The van der Waals surface area contributed by atoms with Crippen LogP contribution in [0.5, 0.6) is 5.75 Å². The van der Waals surface area contributed by atoms with Crippen molar-refractivity contribution in [3.63, 3.8) is 0 Å². The number of rotatable bonds is 8. The smallest absolute Gasteiger partial charge is 0.339 e. The van der Waals surface area contributed by atoms with E-state index >= 15 is 0 Å². The minimum Gasteiger partial charge on any atom is -0.496 e. The molecule has 1 aliphatic heterocycles. The summed E-state index contributed by atoms with van der Waals surface area (Å²) in [5, 5.41) is 0. The van der Waals surface area contributed by atoms with E-state index in [-0.39, 0.29) is 18.5 Å². The number of methoxy groups -OCH3 is 1. The van der Waals surface area contributed by atoms with E-state index in [1.54, 1.807) is 48.2 Å². The first-order valence-electron chi connectivity index (χ1n) is 8.86. The van der Waals surface area contributed by atoms with Crippen LogP contribution in [0.25, 0.3) is 0 Å². The lowest BCUT2D eigenvalue weighted by Gasteiger charge is -2.12. The number of hydrogen-bond donors (Lipinski definition) is 0. The number of thioether (sulfide) groups is 1. The number of carbonyl (C=O) groups is 2. The fraction of sp³-hybridized carbons (Fsp3) is 0.333. The standard InChI is InChI=1S/C21H22O5S/c1-24-19-10-4-2-8-16(19)18(22)13-26-21(23)17-9-3-5-11-20(17)27-14-15-7-6-12-25-15/h2-5,8-11,15H,6-7,12-14H2,1H3/t15-/m1/s1. The second-order valence-corrected chi connectivity index (χ2v) is 7.20. The predicted molar refractivity (Wildman–Crippen MR) is 104 cm³/mol. The van der Waals surface area contributed by atoms with Crippen LogP contribution >= 0.6 is 11.8 Å². The zero-order valence-corrected chi connectivity index (χ0v) is 16.0. The fourth-order valence-electron chi connectivity index (χ4n) is 2.88. The monoisotopic (exact) mass is 386 g/mol. The van der Waals surface area contributed by atoms with Crippen molar-refractivity contribution >= 4 is 23.5 Å². The molecule has 5 nitrogen and oxygen atoms in total. The van der Waals surface area contributed by atoms with Gasteiger partial charge in [0.2, 0.25) is 5.78 Å². The first-order chi connectivity index (χ1) is 13.2. The van der Waals surface area contributed by atoms with E-state index in [2.05, 4.69) is 0 Å². The van der Waals surface area contributed by atoms with Crippen LogP contribution in [0, 0.1) is 0 Å². The van der Waals surface area contributed by atoms with Gasteiger partial charge in [0.05, 0.1) is 24.3 Å². The van der Waals surface area contributed by atoms with Crippen LogP contribution in [0.2, 0.25) is 0 Å². The molecule has 0 aliphatic carbocycles. The second kappa shape index (κ2) is 9.58. The second-order valence-electron chi connectivity index (χ2n) is 6.14. The summed E-state index contributed by atoms with van der Waals surface area (Å²) < 4.78 is 16.1. The van der Waals surface area contributed by atoms with Crippen molar-refractivity contribution < 1.29 is 23.8 Å². The summed E-state index contributed by atoms with van der Waals surface area (Å²) in [4.78, 5) is 25.7. The molecular weight excluding hydrogens is 364 g/mol. The Balaban J connectivity index is 1.61. The summed E-state index contributed by atoms with van der Waals surface area (Å²) in [6.07, 6.45) is 2.36. The zero-order valence-electron chi connectivity index (χ0n) is 15.2. The molecule has 0 spiro atoms. The molecule has 2 aromatic rings. The summed E-state index contributed by atoms with van der Waals surface area (Å²) in [7, 11) is 1.50. The summed E-state index contributed by atoms with van der Waals surface area (Å²) in [5.41, 5.74) is 0.863. The fourth-order valence-corrected chi connectivity index (χ4v) is 3.99. The number of hydrogen-bond acceptors (Lipinski definition) is 6. The lowest BCUT2D eigenvalue weighted by atomic mass is 10.1. The number of ether oxygens (including phenoxy) is 3. The molecule has 0 saturated carbocycles. The van der Waals surface area contributed by atoms with Crippen LogP contribution in [0.3, 0.4) is 0 Å². The van der Waals surface area contributed by atoms with Crippen molar-refractivity contribution in [3.8, 4) is 5.75 Å². The van der Waals surface area contributed by atoms with Gasteiger partial charge in [-0.3, -0.25) is 4.79 Å². The molecule has 1 saturated heterocycles. The number of Topliss-reactive ketones (excluding diaryl/α,β-unsaturated/α-hetero) is 1. The molecule has 142 valence electrons. The number of ketones is 1. The molecule has 0 amide bonds. The van der Waals surface area contributed by atoms with E-state index in [4.69, 9.17) is 14.2 Å². The minimum atomic E-state index is -0.506. The molecule has 1 fully saturated rings. The van der Waals surface area contributed by atoms with Gasteiger partial charge in [-0.2, -0.15) is 0 Å². The number of carbonyl (C=O) groups excluding carboxylic acids is 2. The summed E-state index contributed by atoms with van der Waals surface area (Å²) in [6.45, 7) is 0.476. The Morgan fingerprint density at radius 1 is 1.11 bits per heavy atom. The Hall–Kier alpha value is -2.31. The number of esters is 1. The SMILES string of the molecule is COc1ccccc1C(=O)COC(=O)c1ccccc1SC[C@H]1CCCO1. The molecular formula is C21H22O5S. The van der Waals surface area contributed by atoms with Gasteiger partial charge < -0.3 is 14.2 Å². The van der Waals surface area contributed by atoms with Crippen LogP contribution in [0.1, 0.15) is 33.6 Å². The lowest BCUT2D eigenvalue weighted by Crippen LogP contribution is -2.16. The molecule has 2 aromatic carbocycles. The van der Waals surface area contributed by atoms with Crippen molar-refractivity contribution in [1.29, 1.82) is 0 Å². The molecule has 6 heteroatoms. The average Bonchev–Trinajstić information content (AvgIpc) is 3.24. The zero-order chi connectivity index (χ0) is 19.1. The highest BCUT2D eigenvalue weighted by Gasteiger charge is 2.20. The quantitative estimate of drug-likeness (QED) is 0.388. The van der Waals surface area contributed by atoms with Crippen molar-refractivity contribution in [2.45, 2.75) is 23.8 Å². The molecule has 1 aliphatic rings. The van der Waals surface area contributed by atoms with E-state index in [1.807, 2.05) is 12.1 Å². The third-order valence-corrected chi connectivity index (χ3v) is 5.50. The van der Waals surface area contributed by atoms with E-state index < -0.39 is 5.97 Å². The van der Waals surface area contributed by atoms with Crippen LogP contribution in [-0.4, -0.2) is 43.9 Å². The lowest BCUT2D eigenvalue weighted by molar-refractivity contribution is 0.0470. The van der Waals surface area contributed by atoms with Gasteiger partial charge in [0, 0.05) is 17.3 Å². The Morgan fingerprint density at radius 2 is 1.85 bits per heavy atom. The van der Waals surface area contributed by atoms with Crippen molar-refractivity contribution in [2.75, 3.05) is 26.1 Å². The topological polar surface area (TPSA) is 61.8 Å². The van der Waals surface area contributed by atoms with E-state index in [1.165, 1.54) is 7.11 Å². The van der Waals surface area contributed by atoms with E-state index in [0.29, 0.717) is 16.9 Å². The maximum Gasteiger partial charge on any atom is 0.339 e. The van der Waals surface area contributed by atoms with E-state index in [9.17, 15) is 9.59 Å². The third kappa shape index (κ3) is 5.11. The highest BCUT2D eigenvalue weighted by Crippen LogP contribution is 2.27. The molecule has 27 heavy (non-hydrogen) atoms. The van der Waals surface area contributed by atoms with Gasteiger partial charge in [0.15, 0.2) is 6.61 Å². The maximum atomic E-state index is 12.5. The highest BCUT2D eigenvalue weighted by molar-refractivity contribution is 7.99. The van der Waals surface area contributed by atoms with Crippen molar-refractivity contribution in [3.05, 3.63) is 59.7 Å². The average molecular weight is 386 g/mol. The van der Waals surface area contributed by atoms with Crippen molar-refractivity contribution in [2.24, 2.45) is 0 Å². The maximum absolute atomic E-state index is 12.5. The Bertz CT molecular complexity index is 799. The van der Waals surface area contributed by atoms with Crippen LogP contribution in [0.15, 0.2) is 53.4 Å². The van der Waals surface area contributed by atoms with Crippen LogP contribution in [-0.2, 0) is 9.47 Å². The summed E-state index contributed by atoms with van der Waals surface area (Å²) in [6, 6.07) is 14.2. The first-order valence-corrected chi connectivity index (χ1v) is 9.84. The van der Waals surface area contributed by atoms with E-state index in [0.717, 1.165) is 30.1 Å². The highest BCUT2D eigenvalue weighted by atomic mass is 32.2. The molecule has 0 radical (unpaired) electrons. The van der Waals surface area contributed by atoms with Gasteiger partial charge in [-0.25, -0.2) is 4.79 Å². The normalized spacial score (nSPS) is 16.1. The van der Waals surface area contributed by atoms with Crippen molar-refractivity contribution in [1.82, 2.24) is 0 Å². The molecule has 0 unspecified atom stereocenters. The van der Waals surface area contributed by atoms with Gasteiger partial charge in [0.1, 0.15) is 5.75 Å². The van der Waals surface area contributed by atoms with Gasteiger partial charge in [-0.05, 0) is 37.1 Å². The first kappa shape index (κ1) is 19.5. The predicted octanol–water partition coefficient (Wildman–Crippen LogP) is 4.01. The number of benzene rings is 2. The van der Waals surface area contributed by atoms with Gasteiger partial charge in [-0.1, -0.05) is 24.3 Å². The minimum absolute atomic E-state index is 0.228. The largest absolute Gasteiger partial charge is 0.496 e. The van der Waals surface area contributed by atoms with Gasteiger partial charge in [0.25, 0.3) is 0 Å². The Morgan fingerprint density at radius 3 is 2.59 bits per heavy atom. The summed E-state index contributed by atoms with van der Waals surface area (Å²) in [5.74, 6) is 0.454. The summed E-state index contributed by atoms with van der Waals surface area (Å²) >= 11 is 1.58. The number of para-hydroxylation sites is 1. The third-order valence-electron chi connectivity index (χ3n) is 4.30.